The summed E-state index contributed by atoms with van der Waals surface area (Å²) in [5.41, 5.74) is 2.29. The lowest BCUT2D eigenvalue weighted by atomic mass is 9.99. The number of halogens is 1. The van der Waals surface area contributed by atoms with Gasteiger partial charge in [0.25, 0.3) is 0 Å². The van der Waals surface area contributed by atoms with Crippen LogP contribution in [0.25, 0.3) is 0 Å². The molecule has 0 aliphatic carbocycles. The van der Waals surface area contributed by atoms with Gasteiger partial charge in [-0.05, 0) is 43.5 Å². The van der Waals surface area contributed by atoms with Crippen molar-refractivity contribution in [2.45, 2.75) is 25.8 Å². The molecule has 17 heavy (non-hydrogen) atoms. The molecule has 1 aromatic rings. The molecule has 0 bridgehead atoms. The summed E-state index contributed by atoms with van der Waals surface area (Å²) in [7, 11) is 3.24. The summed E-state index contributed by atoms with van der Waals surface area (Å²) >= 11 is 6.43. The van der Waals surface area contributed by atoms with Gasteiger partial charge in [-0.25, -0.2) is 0 Å². The minimum Gasteiger partial charge on any atom is -0.493 e. The zero-order chi connectivity index (χ0) is 12.4. The summed E-state index contributed by atoms with van der Waals surface area (Å²) in [6.45, 7) is 3.11. The maximum atomic E-state index is 6.43. The summed E-state index contributed by atoms with van der Waals surface area (Å²) in [5.74, 6) is 1.32. The van der Waals surface area contributed by atoms with Crippen LogP contribution in [0.1, 0.15) is 30.0 Å². The molecule has 1 unspecified atom stereocenters. The van der Waals surface area contributed by atoms with E-state index in [9.17, 15) is 0 Å². The Morgan fingerprint density at radius 1 is 1.35 bits per heavy atom. The SMILES string of the molecule is COc1cc(C)c(C2CCCN2)c(Cl)c1OC. The van der Waals surface area contributed by atoms with Crippen LogP contribution in [0.15, 0.2) is 6.07 Å². The maximum absolute atomic E-state index is 6.43. The van der Waals surface area contributed by atoms with Crippen LogP contribution in [0.5, 0.6) is 11.5 Å². The molecule has 1 aliphatic heterocycles. The molecule has 0 spiro atoms. The van der Waals surface area contributed by atoms with Crippen LogP contribution in [0.2, 0.25) is 5.02 Å². The smallest absolute Gasteiger partial charge is 0.179 e. The van der Waals surface area contributed by atoms with E-state index in [0.717, 1.165) is 24.1 Å². The second kappa shape index (κ2) is 5.15. The first-order valence-electron chi connectivity index (χ1n) is 5.83. The molecule has 1 atom stereocenters. The van der Waals surface area contributed by atoms with Crippen molar-refractivity contribution >= 4 is 11.6 Å². The molecule has 0 saturated carbocycles. The Balaban J connectivity index is 2.51. The Hall–Kier alpha value is -0.930. The van der Waals surface area contributed by atoms with Crippen molar-refractivity contribution in [1.29, 1.82) is 0 Å². The van der Waals surface area contributed by atoms with Crippen molar-refractivity contribution < 1.29 is 9.47 Å². The fourth-order valence-electron chi connectivity index (χ4n) is 2.44. The number of hydrogen-bond acceptors (Lipinski definition) is 3. The van der Waals surface area contributed by atoms with Crippen LogP contribution in [0, 0.1) is 6.92 Å². The zero-order valence-electron chi connectivity index (χ0n) is 10.5. The number of ether oxygens (including phenoxy) is 2. The number of methoxy groups -OCH3 is 2. The third-order valence-corrected chi connectivity index (χ3v) is 3.64. The van der Waals surface area contributed by atoms with E-state index in [1.807, 2.05) is 6.07 Å². The number of aryl methyl sites for hydroxylation is 1. The van der Waals surface area contributed by atoms with E-state index >= 15 is 0 Å². The van der Waals surface area contributed by atoms with Crippen molar-refractivity contribution in [2.24, 2.45) is 0 Å². The Morgan fingerprint density at radius 2 is 2.12 bits per heavy atom. The van der Waals surface area contributed by atoms with Gasteiger partial charge in [0.15, 0.2) is 11.5 Å². The zero-order valence-corrected chi connectivity index (χ0v) is 11.2. The van der Waals surface area contributed by atoms with Crippen molar-refractivity contribution in [3.63, 3.8) is 0 Å². The monoisotopic (exact) mass is 255 g/mol. The van der Waals surface area contributed by atoms with Gasteiger partial charge in [0, 0.05) is 6.04 Å². The standard InChI is InChI=1S/C13H18ClNO2/c1-8-7-10(16-2)13(17-3)12(14)11(8)9-5-4-6-15-9/h7,9,15H,4-6H2,1-3H3. The third kappa shape index (κ3) is 2.22. The number of nitrogens with one attached hydrogen (secondary N) is 1. The predicted octanol–water partition coefficient (Wildman–Crippen LogP) is 3.09. The van der Waals surface area contributed by atoms with E-state index in [-0.39, 0.29) is 0 Å². The molecule has 0 aromatic heterocycles. The Bertz CT molecular complexity index is 414. The molecule has 2 rings (SSSR count). The van der Waals surface area contributed by atoms with Gasteiger partial charge in [-0.1, -0.05) is 11.6 Å². The number of rotatable bonds is 3. The van der Waals surface area contributed by atoms with E-state index in [0.29, 0.717) is 22.6 Å². The summed E-state index contributed by atoms with van der Waals surface area (Å²) in [6.07, 6.45) is 2.31. The first-order chi connectivity index (χ1) is 8.19. The van der Waals surface area contributed by atoms with Gasteiger partial charge in [-0.3, -0.25) is 0 Å². The summed E-state index contributed by atoms with van der Waals surface area (Å²) in [4.78, 5) is 0. The molecule has 0 amide bonds. The average Bonchev–Trinajstić information content (AvgIpc) is 2.82. The van der Waals surface area contributed by atoms with Gasteiger partial charge in [0.05, 0.1) is 19.2 Å². The van der Waals surface area contributed by atoms with Crippen molar-refractivity contribution in [1.82, 2.24) is 5.32 Å². The highest BCUT2D eigenvalue weighted by Crippen LogP contribution is 2.43. The Morgan fingerprint density at radius 3 is 2.65 bits per heavy atom. The second-order valence-corrected chi connectivity index (χ2v) is 4.68. The lowest BCUT2D eigenvalue weighted by molar-refractivity contribution is 0.354. The van der Waals surface area contributed by atoms with Crippen LogP contribution in [0.4, 0.5) is 0 Å². The van der Waals surface area contributed by atoms with E-state index in [1.165, 1.54) is 6.42 Å². The van der Waals surface area contributed by atoms with Gasteiger partial charge in [0.1, 0.15) is 0 Å². The fourth-order valence-corrected chi connectivity index (χ4v) is 2.90. The molecule has 1 N–H and O–H groups in total. The maximum Gasteiger partial charge on any atom is 0.179 e. The first-order valence-corrected chi connectivity index (χ1v) is 6.21. The summed E-state index contributed by atoms with van der Waals surface area (Å²) in [6, 6.07) is 2.32. The molecular formula is C13H18ClNO2. The van der Waals surface area contributed by atoms with Crippen LogP contribution in [0.3, 0.4) is 0 Å². The minimum atomic E-state index is 0.335. The molecule has 0 radical (unpaired) electrons. The molecule has 3 nitrogen and oxygen atoms in total. The quantitative estimate of drug-likeness (QED) is 0.900. The lowest BCUT2D eigenvalue weighted by Crippen LogP contribution is -2.15. The van der Waals surface area contributed by atoms with Crippen molar-refractivity contribution in [3.05, 3.63) is 22.2 Å². The minimum absolute atomic E-state index is 0.335. The highest BCUT2D eigenvalue weighted by Gasteiger charge is 2.24. The van der Waals surface area contributed by atoms with E-state index in [1.54, 1.807) is 14.2 Å². The Kier molecular flexibility index (Phi) is 3.79. The van der Waals surface area contributed by atoms with Gasteiger partial charge in [-0.2, -0.15) is 0 Å². The molecule has 4 heteroatoms. The molecule has 94 valence electrons. The molecule has 1 heterocycles. The van der Waals surface area contributed by atoms with Crippen LogP contribution < -0.4 is 14.8 Å². The normalized spacial score (nSPS) is 19.4. The van der Waals surface area contributed by atoms with Gasteiger partial charge in [0.2, 0.25) is 0 Å². The molecule has 1 saturated heterocycles. The first kappa shape index (κ1) is 12.5. The molecule has 1 aliphatic rings. The molecule has 1 fully saturated rings. The van der Waals surface area contributed by atoms with Crippen LogP contribution >= 0.6 is 11.6 Å². The highest BCUT2D eigenvalue weighted by molar-refractivity contribution is 6.33. The molecule has 1 aromatic carbocycles. The summed E-state index contributed by atoms with van der Waals surface area (Å²) in [5, 5.41) is 4.13. The van der Waals surface area contributed by atoms with Crippen molar-refractivity contribution in [3.8, 4) is 11.5 Å². The summed E-state index contributed by atoms with van der Waals surface area (Å²) < 4.78 is 10.6. The average molecular weight is 256 g/mol. The van der Waals surface area contributed by atoms with Crippen LogP contribution in [-0.2, 0) is 0 Å². The van der Waals surface area contributed by atoms with E-state index < -0.39 is 0 Å². The molecular weight excluding hydrogens is 238 g/mol. The predicted molar refractivity (Wildman–Crippen MR) is 69.3 cm³/mol. The van der Waals surface area contributed by atoms with Gasteiger partial charge < -0.3 is 14.8 Å². The Labute approximate surface area is 107 Å². The van der Waals surface area contributed by atoms with Crippen molar-refractivity contribution in [2.75, 3.05) is 20.8 Å². The lowest BCUT2D eigenvalue weighted by Gasteiger charge is -2.19. The van der Waals surface area contributed by atoms with E-state index in [4.69, 9.17) is 21.1 Å². The number of hydrogen-bond donors (Lipinski definition) is 1. The van der Waals surface area contributed by atoms with Gasteiger partial charge >= 0.3 is 0 Å². The van der Waals surface area contributed by atoms with Crippen LogP contribution in [-0.4, -0.2) is 20.8 Å². The highest BCUT2D eigenvalue weighted by atomic mass is 35.5. The largest absolute Gasteiger partial charge is 0.493 e. The topological polar surface area (TPSA) is 30.5 Å². The number of benzene rings is 1. The second-order valence-electron chi connectivity index (χ2n) is 4.31. The van der Waals surface area contributed by atoms with Gasteiger partial charge in [-0.15, -0.1) is 0 Å². The van der Waals surface area contributed by atoms with E-state index in [2.05, 4.69) is 12.2 Å². The third-order valence-electron chi connectivity index (χ3n) is 3.26. The fraction of sp³-hybridized carbons (Fsp3) is 0.538.